The van der Waals surface area contributed by atoms with Gasteiger partial charge in [-0.05, 0) is 19.9 Å². The first-order valence-electron chi connectivity index (χ1n) is 4.11. The minimum Gasteiger partial charge on any atom is -0.378 e. The van der Waals surface area contributed by atoms with E-state index in [1.165, 1.54) is 0 Å². The second kappa shape index (κ2) is 3.67. The molecular weight excluding hydrogens is 138 g/mol. The lowest BCUT2D eigenvalue weighted by Crippen LogP contribution is -2.19. The predicted octanol–water partition coefficient (Wildman–Crippen LogP) is 1.27. The average molecular weight is 154 g/mol. The SMILES string of the molecule is CCOC(C)C1C=C[N+](C)=C1. The van der Waals surface area contributed by atoms with Crippen LogP contribution in [0.15, 0.2) is 12.3 Å². The van der Waals surface area contributed by atoms with Crippen molar-refractivity contribution in [2.45, 2.75) is 20.0 Å². The fourth-order valence-electron chi connectivity index (χ4n) is 1.26. The summed E-state index contributed by atoms with van der Waals surface area (Å²) in [5.74, 6) is 0.458. The summed E-state index contributed by atoms with van der Waals surface area (Å²) in [5.41, 5.74) is 0. The molecular formula is C9H16NO+. The van der Waals surface area contributed by atoms with E-state index in [2.05, 4.69) is 30.0 Å². The topological polar surface area (TPSA) is 12.2 Å². The van der Waals surface area contributed by atoms with Gasteiger partial charge in [0, 0.05) is 6.61 Å². The van der Waals surface area contributed by atoms with Gasteiger partial charge in [-0.1, -0.05) is 0 Å². The van der Waals surface area contributed by atoms with Crippen molar-refractivity contribution < 1.29 is 9.31 Å². The Morgan fingerprint density at radius 1 is 1.64 bits per heavy atom. The molecule has 2 nitrogen and oxygen atoms in total. The van der Waals surface area contributed by atoms with Gasteiger partial charge in [0.15, 0.2) is 12.4 Å². The van der Waals surface area contributed by atoms with Crippen molar-refractivity contribution in [1.82, 2.24) is 0 Å². The number of nitrogens with zero attached hydrogens (tertiary/aromatic N) is 1. The molecule has 2 atom stereocenters. The zero-order valence-electron chi connectivity index (χ0n) is 7.45. The molecule has 2 unspecified atom stereocenters. The van der Waals surface area contributed by atoms with Gasteiger partial charge in [0.2, 0.25) is 0 Å². The van der Waals surface area contributed by atoms with Gasteiger partial charge in [-0.2, -0.15) is 0 Å². The van der Waals surface area contributed by atoms with Crippen LogP contribution in [-0.2, 0) is 4.74 Å². The second-order valence-corrected chi connectivity index (χ2v) is 2.89. The van der Waals surface area contributed by atoms with E-state index in [4.69, 9.17) is 4.74 Å². The molecule has 0 saturated heterocycles. The van der Waals surface area contributed by atoms with Crippen LogP contribution in [0.1, 0.15) is 13.8 Å². The van der Waals surface area contributed by atoms with Gasteiger partial charge >= 0.3 is 0 Å². The Balaban J connectivity index is 2.44. The summed E-state index contributed by atoms with van der Waals surface area (Å²) in [6.07, 6.45) is 6.71. The van der Waals surface area contributed by atoms with Crippen molar-refractivity contribution in [3.05, 3.63) is 12.3 Å². The highest BCUT2D eigenvalue weighted by Gasteiger charge is 2.20. The van der Waals surface area contributed by atoms with Gasteiger partial charge in [-0.15, -0.1) is 0 Å². The highest BCUT2D eigenvalue weighted by molar-refractivity contribution is 5.61. The monoisotopic (exact) mass is 154 g/mol. The summed E-state index contributed by atoms with van der Waals surface area (Å²) in [4.78, 5) is 0. The third-order valence-corrected chi connectivity index (χ3v) is 1.92. The summed E-state index contributed by atoms with van der Waals surface area (Å²) in [5, 5.41) is 0. The van der Waals surface area contributed by atoms with Crippen LogP contribution >= 0.6 is 0 Å². The van der Waals surface area contributed by atoms with Crippen molar-refractivity contribution >= 4 is 6.21 Å². The molecule has 0 aromatic carbocycles. The Hall–Kier alpha value is -0.630. The third-order valence-electron chi connectivity index (χ3n) is 1.92. The Labute approximate surface area is 68.2 Å². The molecule has 0 aliphatic carbocycles. The summed E-state index contributed by atoms with van der Waals surface area (Å²) in [7, 11) is 2.04. The third kappa shape index (κ3) is 2.15. The van der Waals surface area contributed by atoms with Crippen molar-refractivity contribution in [2.24, 2.45) is 5.92 Å². The van der Waals surface area contributed by atoms with Crippen molar-refractivity contribution in [3.8, 4) is 0 Å². The van der Waals surface area contributed by atoms with E-state index < -0.39 is 0 Å². The van der Waals surface area contributed by atoms with Gasteiger partial charge in [0.1, 0.15) is 7.05 Å². The zero-order valence-corrected chi connectivity index (χ0v) is 7.45. The quantitative estimate of drug-likeness (QED) is 0.557. The molecule has 1 rings (SSSR count). The Morgan fingerprint density at radius 2 is 2.36 bits per heavy atom. The van der Waals surface area contributed by atoms with Crippen LogP contribution < -0.4 is 0 Å². The molecule has 0 bridgehead atoms. The second-order valence-electron chi connectivity index (χ2n) is 2.89. The normalized spacial score (nSPS) is 25.4. The standard InChI is InChI=1S/C9H16NO/c1-4-11-8(2)9-5-6-10(3)7-9/h5-9H,4H2,1-3H3/q+1. The first-order chi connectivity index (χ1) is 5.24. The number of ether oxygens (including phenoxy) is 1. The van der Waals surface area contributed by atoms with E-state index in [-0.39, 0.29) is 0 Å². The van der Waals surface area contributed by atoms with Gasteiger partial charge < -0.3 is 4.74 Å². The van der Waals surface area contributed by atoms with Crippen LogP contribution in [-0.4, -0.2) is 30.5 Å². The van der Waals surface area contributed by atoms with Crippen LogP contribution in [0.25, 0.3) is 0 Å². The summed E-state index contributed by atoms with van der Waals surface area (Å²) in [6.45, 7) is 4.93. The van der Waals surface area contributed by atoms with Gasteiger partial charge in [0.05, 0.1) is 12.0 Å². The lowest BCUT2D eigenvalue weighted by molar-refractivity contribution is -0.414. The van der Waals surface area contributed by atoms with Crippen LogP contribution in [0.3, 0.4) is 0 Å². The van der Waals surface area contributed by atoms with Crippen LogP contribution in [0, 0.1) is 5.92 Å². The first-order valence-corrected chi connectivity index (χ1v) is 4.11. The van der Waals surface area contributed by atoms with Crippen LogP contribution in [0.2, 0.25) is 0 Å². The lowest BCUT2D eigenvalue weighted by Gasteiger charge is -2.12. The maximum absolute atomic E-state index is 5.46. The van der Waals surface area contributed by atoms with E-state index in [9.17, 15) is 0 Å². The van der Waals surface area contributed by atoms with E-state index in [0.717, 1.165) is 6.61 Å². The smallest absolute Gasteiger partial charge is 0.165 e. The molecule has 1 heterocycles. The molecule has 0 N–H and O–H groups in total. The summed E-state index contributed by atoms with van der Waals surface area (Å²) >= 11 is 0. The fraction of sp³-hybridized carbons (Fsp3) is 0.667. The molecule has 62 valence electrons. The molecule has 0 spiro atoms. The summed E-state index contributed by atoms with van der Waals surface area (Å²) < 4.78 is 7.53. The van der Waals surface area contributed by atoms with Gasteiger partial charge in [0.25, 0.3) is 0 Å². The molecule has 0 fully saturated rings. The summed E-state index contributed by atoms with van der Waals surface area (Å²) in [6, 6.07) is 0. The highest BCUT2D eigenvalue weighted by atomic mass is 16.5. The maximum atomic E-state index is 5.46. The first kappa shape index (κ1) is 8.47. The van der Waals surface area contributed by atoms with Crippen molar-refractivity contribution in [3.63, 3.8) is 0 Å². The Kier molecular flexibility index (Phi) is 2.83. The lowest BCUT2D eigenvalue weighted by atomic mass is 10.1. The fourth-order valence-corrected chi connectivity index (χ4v) is 1.26. The highest BCUT2D eigenvalue weighted by Crippen LogP contribution is 2.10. The van der Waals surface area contributed by atoms with Gasteiger partial charge in [-0.25, -0.2) is 4.58 Å². The molecule has 1 aliphatic heterocycles. The number of hydrogen-bond acceptors (Lipinski definition) is 1. The van der Waals surface area contributed by atoms with Crippen LogP contribution in [0.5, 0.6) is 0 Å². The van der Waals surface area contributed by atoms with E-state index in [1.54, 1.807) is 0 Å². The van der Waals surface area contributed by atoms with Crippen molar-refractivity contribution in [2.75, 3.05) is 13.7 Å². The minimum atomic E-state index is 0.307. The largest absolute Gasteiger partial charge is 0.378 e. The number of hydrogen-bond donors (Lipinski definition) is 0. The van der Waals surface area contributed by atoms with Crippen LogP contribution in [0.4, 0.5) is 0 Å². The van der Waals surface area contributed by atoms with E-state index in [1.807, 2.05) is 14.0 Å². The molecule has 2 heteroatoms. The number of rotatable bonds is 3. The molecule has 0 aromatic rings. The molecule has 1 aliphatic rings. The molecule has 0 saturated carbocycles. The molecule has 11 heavy (non-hydrogen) atoms. The molecule has 0 radical (unpaired) electrons. The molecule has 0 amide bonds. The average Bonchev–Trinajstić information content (AvgIpc) is 2.36. The van der Waals surface area contributed by atoms with Crippen molar-refractivity contribution in [1.29, 1.82) is 0 Å². The minimum absolute atomic E-state index is 0.307. The Morgan fingerprint density at radius 3 is 2.82 bits per heavy atom. The van der Waals surface area contributed by atoms with E-state index >= 15 is 0 Å². The zero-order chi connectivity index (χ0) is 8.27. The predicted molar refractivity (Wildman–Crippen MR) is 46.0 cm³/mol. The Bertz CT molecular complexity index is 184. The maximum Gasteiger partial charge on any atom is 0.165 e. The molecule has 0 aromatic heterocycles. The van der Waals surface area contributed by atoms with Gasteiger partial charge in [-0.3, -0.25) is 0 Å². The van der Waals surface area contributed by atoms with E-state index in [0.29, 0.717) is 12.0 Å².